The smallest absolute Gasteiger partial charge is 0.303 e. The average Bonchev–Trinajstić information content (AvgIpc) is 1.42. The van der Waals surface area contributed by atoms with Crippen LogP contribution in [-0.4, -0.2) is 151 Å². The van der Waals surface area contributed by atoms with Crippen LogP contribution in [0.1, 0.15) is 122 Å². The van der Waals surface area contributed by atoms with Crippen LogP contribution < -0.4 is 41.8 Å². The number of methoxy groups -OCH3 is 1. The number of nitrogens with one attached hydrogen (secondary N) is 3. The number of benzodiazepines with no additional fused rings is 1. The molecule has 4 saturated carbocycles. The fraction of sp³-hybridized carbons (Fsp3) is 0.534. The second-order valence-corrected chi connectivity index (χ2v) is 28.1. The number of piperidine rings is 2. The zero-order valence-electron chi connectivity index (χ0n) is 54.2. The fourth-order valence-electron chi connectivity index (χ4n) is 17.3. The van der Waals surface area contributed by atoms with E-state index in [0.717, 1.165) is 57.5 Å². The maximum atomic E-state index is 12.5. The van der Waals surface area contributed by atoms with Gasteiger partial charge >= 0.3 is 11.9 Å². The first-order valence-electron chi connectivity index (χ1n) is 33.2. The Morgan fingerprint density at radius 2 is 1.48 bits per heavy atom. The zero-order chi connectivity index (χ0) is 64.0. The number of ether oxygens (including phenoxy) is 5. The highest BCUT2D eigenvalue weighted by molar-refractivity contribution is 6.37. The molecule has 4 aliphatic carbocycles. The number of aliphatic hydroxyl groups excluding tert-OH is 2. The summed E-state index contributed by atoms with van der Waals surface area (Å²) < 4.78 is 30.5. The number of H-pyrrole nitrogens is 1. The first-order valence-corrected chi connectivity index (χ1v) is 33.9. The molecule has 13 rings (SSSR count). The maximum Gasteiger partial charge on any atom is 0.303 e. The second kappa shape index (κ2) is 30.3. The Hall–Kier alpha value is -5.76. The van der Waals surface area contributed by atoms with Crippen LogP contribution >= 0.6 is 23.2 Å². The van der Waals surface area contributed by atoms with E-state index in [0.29, 0.717) is 99.0 Å². The predicted molar refractivity (Wildman–Crippen MR) is 358 cm³/mol. The molecule has 1 aromatic heterocycles. The Bertz CT molecular complexity index is 3560. The van der Waals surface area contributed by atoms with E-state index < -0.39 is 18.2 Å². The lowest BCUT2D eigenvalue weighted by Gasteiger charge is -2.62. The molecular weight excluding hydrogens is 1270 g/mol. The van der Waals surface area contributed by atoms with E-state index in [4.69, 9.17) is 46.9 Å². The van der Waals surface area contributed by atoms with Crippen molar-refractivity contribution in [3.8, 4) is 17.2 Å². The Morgan fingerprint density at radius 3 is 2.23 bits per heavy atom. The number of anilines is 1. The second-order valence-electron chi connectivity index (χ2n) is 27.3. The summed E-state index contributed by atoms with van der Waals surface area (Å²) in [7, 11) is 4.09. The van der Waals surface area contributed by atoms with Crippen molar-refractivity contribution in [3.05, 3.63) is 130 Å². The molecule has 19 heteroatoms. The Morgan fingerprint density at radius 1 is 0.783 bits per heavy atom. The molecule has 1 amide bonds. The number of rotatable bonds is 15. The highest BCUT2D eigenvalue weighted by Crippen LogP contribution is 2.68. The van der Waals surface area contributed by atoms with E-state index in [2.05, 4.69) is 52.5 Å². The molecule has 7 aliphatic rings. The van der Waals surface area contributed by atoms with Crippen molar-refractivity contribution in [2.45, 2.75) is 148 Å². The molecule has 3 aliphatic heterocycles. The van der Waals surface area contributed by atoms with E-state index in [1.807, 2.05) is 60.7 Å². The number of fused-ring (bicyclic) bond motifs is 9. The third-order valence-corrected chi connectivity index (χ3v) is 22.3. The van der Waals surface area contributed by atoms with Crippen molar-refractivity contribution in [2.75, 3.05) is 72.0 Å². The van der Waals surface area contributed by atoms with Crippen LogP contribution in [0.5, 0.6) is 17.2 Å². The zero-order valence-corrected chi connectivity index (χ0v) is 57.2. The minimum absolute atomic E-state index is 0. The topological polar surface area (TPSA) is 193 Å². The van der Waals surface area contributed by atoms with Crippen LogP contribution in [-0.2, 0) is 23.9 Å². The molecule has 2 unspecified atom stereocenters. The highest BCUT2D eigenvalue weighted by atomic mass is 79.9. The number of aliphatic hydroxyl groups is 2. The molecule has 92 heavy (non-hydrogen) atoms. The standard InChI is InChI=1S/C34H57N2O4.C24H26N2O4.C15H10Cl2N2O2.BrH/c1-23(37)39-31-20-25-12-13-26-27(34(25,4)22-29(31)35-16-8-6-9-17-35)14-15-33(3)28(26)21-30(32(33)40-24(2)38)36(5)18-10-7-11-19-36;1-28-21-10-4-5-11-22(21)29-14-13-25-15-17(27)16-30-23-12-6-9-20-24(23)18-7-2-3-8-19(18)26-20;16-8-5-6-12-10(7-8)13(19-15(21)14(20)18-12)9-3-1-2-4-11(9)17;/h25-32H,6-22H2,1-5H3;2-12,17,25-27H,13-16H2,1H3;1-7,15,21H,(H,18,20);1H/q+1;;;/p-1/t25-,26+,27-,28-,29-,30-,31-,32-,33-,34-;;;/m0.../s1. The molecular formula is C73H93BrCl2N6O10. The minimum Gasteiger partial charge on any atom is -1.00 e. The summed E-state index contributed by atoms with van der Waals surface area (Å²) in [6, 6.07) is 34.5. The fourth-order valence-corrected chi connectivity index (χ4v) is 17.7. The van der Waals surface area contributed by atoms with Gasteiger partial charge in [-0.1, -0.05) is 98.1 Å². The van der Waals surface area contributed by atoms with Gasteiger partial charge < -0.3 is 71.0 Å². The van der Waals surface area contributed by atoms with Gasteiger partial charge in [-0.15, -0.1) is 0 Å². The van der Waals surface area contributed by atoms with Gasteiger partial charge in [-0.25, -0.2) is 4.99 Å². The number of para-hydroxylation sites is 3. The summed E-state index contributed by atoms with van der Waals surface area (Å²) in [6.45, 7) is 14.8. The predicted octanol–water partition coefficient (Wildman–Crippen LogP) is 9.81. The Balaban J connectivity index is 0.000000158. The van der Waals surface area contributed by atoms with E-state index in [1.165, 1.54) is 90.1 Å². The van der Waals surface area contributed by atoms with Crippen molar-refractivity contribution in [2.24, 2.45) is 39.5 Å². The van der Waals surface area contributed by atoms with Crippen LogP contribution in [0.15, 0.2) is 114 Å². The average molecular weight is 1370 g/mol. The van der Waals surface area contributed by atoms with Crippen molar-refractivity contribution >= 4 is 74.3 Å². The summed E-state index contributed by atoms with van der Waals surface area (Å²) in [6.07, 6.45) is 14.2. The van der Waals surface area contributed by atoms with E-state index in [-0.39, 0.29) is 53.1 Å². The van der Waals surface area contributed by atoms with Gasteiger partial charge in [0.25, 0.3) is 5.91 Å². The number of quaternary nitrogens is 1. The number of benzene rings is 5. The van der Waals surface area contributed by atoms with Gasteiger partial charge in [-0.3, -0.25) is 19.3 Å². The molecule has 496 valence electrons. The lowest BCUT2D eigenvalue weighted by Crippen LogP contribution is -3.00. The van der Waals surface area contributed by atoms with Crippen LogP contribution in [0, 0.1) is 34.5 Å². The third-order valence-electron chi connectivity index (χ3n) is 21.7. The SMILES string of the molecule is CC(=O)O[C@H]1C[C@@H]2CC[C@@H]3[C@H](CC[C@@]4(C)[C@H]3C[C@H]([N+]3(C)CCCCC3)[C@@H]4OC(C)=O)[C@@]2(C)C[C@@H]1N1CCCCC1.COc1ccccc1OCCNCC(O)COc1cccc2[nH]c3ccccc3c12.O=C1Nc2ccc(Cl)cc2C(c2ccccc2Cl)=NC1O.[Br-]. The normalized spacial score (nSPS) is 28.4. The van der Waals surface area contributed by atoms with E-state index >= 15 is 0 Å². The molecule has 5 aromatic carbocycles. The monoisotopic (exact) mass is 1360 g/mol. The number of esters is 2. The van der Waals surface area contributed by atoms with Crippen LogP contribution in [0.4, 0.5) is 5.69 Å². The number of aromatic amines is 1. The van der Waals surface area contributed by atoms with Gasteiger partial charge in [0.1, 0.15) is 37.2 Å². The van der Waals surface area contributed by atoms with E-state index in [9.17, 15) is 24.6 Å². The minimum atomic E-state index is -1.50. The number of likely N-dealkylation sites (tertiary alicyclic amines) is 2. The molecule has 0 bridgehead atoms. The number of carbonyl (C=O) groups is 3. The molecule has 6 aromatic rings. The summed E-state index contributed by atoms with van der Waals surface area (Å²) in [4.78, 5) is 46.6. The number of aromatic nitrogens is 1. The molecule has 16 nitrogen and oxygen atoms in total. The number of amides is 1. The molecule has 6 fully saturated rings. The van der Waals surface area contributed by atoms with Crippen molar-refractivity contribution in [1.29, 1.82) is 0 Å². The summed E-state index contributed by atoms with van der Waals surface area (Å²) in [5.74, 6) is 4.09. The van der Waals surface area contributed by atoms with E-state index in [1.54, 1.807) is 63.4 Å². The number of hydrogen-bond acceptors (Lipinski definition) is 13. The largest absolute Gasteiger partial charge is 1.00 e. The summed E-state index contributed by atoms with van der Waals surface area (Å²) >= 11 is 12.2. The number of carbonyl (C=O) groups excluding carboxylic acids is 3. The third kappa shape index (κ3) is 15.0. The first-order chi connectivity index (χ1) is 43.9. The van der Waals surface area contributed by atoms with Crippen molar-refractivity contribution in [1.82, 2.24) is 15.2 Å². The summed E-state index contributed by atoms with van der Waals surface area (Å²) in [5.41, 5.74) is 4.65. The van der Waals surface area contributed by atoms with Gasteiger partial charge in [-0.2, -0.15) is 0 Å². The van der Waals surface area contributed by atoms with Gasteiger partial charge in [0.05, 0.1) is 44.2 Å². The lowest BCUT2D eigenvalue weighted by molar-refractivity contribution is -0.940. The van der Waals surface area contributed by atoms with Crippen LogP contribution in [0.2, 0.25) is 10.0 Å². The number of halogens is 3. The van der Waals surface area contributed by atoms with Gasteiger partial charge in [-0.05, 0) is 167 Å². The Labute approximate surface area is 562 Å². The molecule has 12 atom stereocenters. The summed E-state index contributed by atoms with van der Waals surface area (Å²) in [5, 5.41) is 29.1. The number of likely N-dealkylation sites (N-methyl/N-ethyl adjacent to an activating group) is 1. The first kappa shape index (κ1) is 69.1. The quantitative estimate of drug-likeness (QED) is 0.0372. The molecule has 5 N–H and O–H groups in total. The van der Waals surface area contributed by atoms with Crippen molar-refractivity contribution in [3.63, 3.8) is 0 Å². The van der Waals surface area contributed by atoms with Gasteiger partial charge in [0, 0.05) is 82.3 Å². The van der Waals surface area contributed by atoms with Crippen LogP contribution in [0.3, 0.4) is 0 Å². The molecule has 4 heterocycles. The number of nitrogens with zero attached hydrogens (tertiary/aromatic N) is 3. The van der Waals surface area contributed by atoms with Crippen molar-refractivity contribution < 1.29 is 69.7 Å². The van der Waals surface area contributed by atoms with Gasteiger partial charge in [0.15, 0.2) is 17.6 Å². The highest BCUT2D eigenvalue weighted by Gasteiger charge is 2.67. The lowest BCUT2D eigenvalue weighted by atomic mass is 9.44. The van der Waals surface area contributed by atoms with Crippen LogP contribution in [0.25, 0.3) is 21.8 Å². The number of aliphatic imine (C=N–C) groups is 1. The van der Waals surface area contributed by atoms with Gasteiger partial charge in [0.2, 0.25) is 6.23 Å². The number of hydrogen-bond donors (Lipinski definition) is 5. The molecule has 0 radical (unpaired) electrons. The Kier molecular flexibility index (Phi) is 22.8. The molecule has 2 saturated heterocycles. The maximum absolute atomic E-state index is 12.5. The molecule has 0 spiro atoms.